The largest absolute Gasteiger partial charge is 0.308 e. The molecule has 5 nitrogen and oxygen atoms in total. The smallest absolute Gasteiger partial charge is 0.175 e. The molecule has 0 bridgehead atoms. The van der Waals surface area contributed by atoms with E-state index in [2.05, 4.69) is 89.3 Å². The van der Waals surface area contributed by atoms with Crippen LogP contribution in [-0.2, 0) is 11.0 Å². The number of imidazole rings is 1. The van der Waals surface area contributed by atoms with E-state index in [0.717, 1.165) is 89.1 Å². The summed E-state index contributed by atoms with van der Waals surface area (Å²) < 4.78 is 18.1. The lowest BCUT2D eigenvalue weighted by Crippen LogP contribution is -2.34. The van der Waals surface area contributed by atoms with Crippen molar-refractivity contribution in [3.63, 3.8) is 0 Å². The first-order chi connectivity index (χ1) is 22.1. The minimum absolute atomic E-state index is 0.770. The molecule has 45 heavy (non-hydrogen) atoms. The van der Waals surface area contributed by atoms with Crippen molar-refractivity contribution in [2.45, 2.75) is 13.3 Å². The van der Waals surface area contributed by atoms with E-state index < -0.39 is 7.14 Å². The predicted molar refractivity (Wildman–Crippen MR) is 185 cm³/mol. The summed E-state index contributed by atoms with van der Waals surface area (Å²) >= 11 is 0. The monoisotopic (exact) mass is 598 g/mol. The topological polar surface area (TPSA) is 60.7 Å². The van der Waals surface area contributed by atoms with Crippen LogP contribution in [0.2, 0.25) is 0 Å². The van der Waals surface area contributed by atoms with Crippen molar-refractivity contribution in [1.29, 1.82) is 0 Å². The van der Waals surface area contributed by atoms with Crippen LogP contribution in [0.4, 0.5) is 0 Å². The van der Waals surface area contributed by atoms with Crippen LogP contribution in [-0.4, -0.2) is 19.5 Å². The molecule has 1 unspecified atom stereocenters. The number of fused-ring (bicyclic) bond motifs is 5. The normalized spacial score (nSPS) is 15.5. The van der Waals surface area contributed by atoms with Gasteiger partial charge < -0.3 is 4.57 Å². The second-order valence-electron chi connectivity index (χ2n) is 11.5. The Balaban J connectivity index is 1.26. The standard InChI is InChI=1S/C39H27N4OP/c1-2-35-41-32-23-21-30(39-38(32)43(35)33-12-6-7-13-34(33)45(39,44)29-10-4-3-5-11-29)25-14-16-26(17-15-25)31-22-20-28-19-18-27-9-8-24-40-36(27)37(28)42-31/h3-24H,2H2,1H3. The summed E-state index contributed by atoms with van der Waals surface area (Å²) in [6, 6.07) is 43.1. The highest BCUT2D eigenvalue weighted by Crippen LogP contribution is 2.51. The molecule has 0 radical (unpaired) electrons. The van der Waals surface area contributed by atoms with E-state index in [4.69, 9.17) is 9.97 Å². The van der Waals surface area contributed by atoms with Crippen molar-refractivity contribution in [3.05, 3.63) is 139 Å². The maximum absolute atomic E-state index is 15.8. The van der Waals surface area contributed by atoms with Crippen molar-refractivity contribution in [1.82, 2.24) is 19.5 Å². The van der Waals surface area contributed by atoms with Gasteiger partial charge in [0.1, 0.15) is 5.82 Å². The maximum atomic E-state index is 15.8. The van der Waals surface area contributed by atoms with Crippen LogP contribution < -0.4 is 15.9 Å². The Morgan fingerprint density at radius 3 is 2.22 bits per heavy atom. The first-order valence-corrected chi connectivity index (χ1v) is 16.9. The summed E-state index contributed by atoms with van der Waals surface area (Å²) in [5.74, 6) is 0.968. The summed E-state index contributed by atoms with van der Waals surface area (Å²) in [6.45, 7) is 2.12. The molecule has 214 valence electrons. The molecular weight excluding hydrogens is 571 g/mol. The minimum Gasteiger partial charge on any atom is -0.308 e. The van der Waals surface area contributed by atoms with Gasteiger partial charge in [-0.05, 0) is 41.5 Å². The van der Waals surface area contributed by atoms with Gasteiger partial charge in [0.25, 0.3) is 0 Å². The van der Waals surface area contributed by atoms with Gasteiger partial charge in [-0.25, -0.2) is 9.97 Å². The second kappa shape index (κ2) is 9.82. The highest BCUT2D eigenvalue weighted by Gasteiger charge is 2.41. The van der Waals surface area contributed by atoms with Crippen molar-refractivity contribution in [2.24, 2.45) is 0 Å². The molecule has 0 fully saturated rings. The Bertz CT molecular complexity index is 2500. The molecule has 3 aromatic heterocycles. The van der Waals surface area contributed by atoms with E-state index in [-0.39, 0.29) is 0 Å². The molecule has 8 aromatic rings. The Kier molecular flexibility index (Phi) is 5.68. The lowest BCUT2D eigenvalue weighted by atomic mass is 10.0. The molecule has 0 saturated carbocycles. The first-order valence-electron chi connectivity index (χ1n) is 15.2. The van der Waals surface area contributed by atoms with Crippen molar-refractivity contribution in [2.75, 3.05) is 0 Å². The SMILES string of the molecule is CCc1nc2ccc(-c3ccc(-c4ccc5ccc6cccnc6c5n4)cc3)c3c2n1-c1ccccc1P3(=O)c1ccccc1. The Labute approximate surface area is 260 Å². The lowest BCUT2D eigenvalue weighted by molar-refractivity contribution is 0.592. The number of nitrogens with zero attached hydrogens (tertiary/aromatic N) is 4. The Morgan fingerprint density at radius 1 is 0.667 bits per heavy atom. The Morgan fingerprint density at radius 2 is 1.40 bits per heavy atom. The van der Waals surface area contributed by atoms with E-state index in [9.17, 15) is 0 Å². The quantitative estimate of drug-likeness (QED) is 0.152. The van der Waals surface area contributed by atoms with Gasteiger partial charge in [-0.1, -0.05) is 104 Å². The van der Waals surface area contributed by atoms with E-state index in [1.807, 2.05) is 60.8 Å². The highest BCUT2D eigenvalue weighted by atomic mass is 31.2. The summed E-state index contributed by atoms with van der Waals surface area (Å²) in [5.41, 5.74) is 8.42. The fraction of sp³-hybridized carbons (Fsp3) is 0.0513. The molecule has 4 heterocycles. The average molecular weight is 599 g/mol. The molecule has 6 heteroatoms. The zero-order chi connectivity index (χ0) is 30.1. The number of hydrogen-bond acceptors (Lipinski definition) is 4. The highest BCUT2D eigenvalue weighted by molar-refractivity contribution is 7.86. The number of hydrogen-bond donors (Lipinski definition) is 0. The Hall–Kier alpha value is -5.38. The van der Waals surface area contributed by atoms with E-state index >= 15 is 4.57 Å². The van der Waals surface area contributed by atoms with Gasteiger partial charge in [0.05, 0.1) is 38.8 Å². The van der Waals surface area contributed by atoms with Crippen LogP contribution in [0.1, 0.15) is 12.7 Å². The fourth-order valence-electron chi connectivity index (χ4n) is 6.90. The molecule has 0 N–H and O–H groups in total. The number of aryl methyl sites for hydroxylation is 1. The zero-order valence-corrected chi connectivity index (χ0v) is 25.4. The summed E-state index contributed by atoms with van der Waals surface area (Å²) in [4.78, 5) is 14.7. The fourth-order valence-corrected chi connectivity index (χ4v) is 10.1. The van der Waals surface area contributed by atoms with Gasteiger partial charge in [0.15, 0.2) is 7.14 Å². The van der Waals surface area contributed by atoms with Gasteiger partial charge in [0, 0.05) is 39.6 Å². The van der Waals surface area contributed by atoms with Gasteiger partial charge in [-0.15, -0.1) is 0 Å². The molecule has 0 amide bonds. The lowest BCUT2D eigenvalue weighted by Gasteiger charge is -2.31. The van der Waals surface area contributed by atoms with E-state index in [0.29, 0.717) is 0 Å². The predicted octanol–water partition coefficient (Wildman–Crippen LogP) is 7.97. The number of benzene rings is 5. The summed E-state index contributed by atoms with van der Waals surface area (Å²) in [7, 11) is -3.27. The minimum atomic E-state index is -3.27. The van der Waals surface area contributed by atoms with Crippen LogP contribution in [0.25, 0.3) is 60.9 Å². The summed E-state index contributed by atoms with van der Waals surface area (Å²) in [6.07, 6.45) is 2.59. The van der Waals surface area contributed by atoms with Crippen molar-refractivity contribution in [3.8, 4) is 28.1 Å². The third-order valence-electron chi connectivity index (χ3n) is 9.00. The number of pyridine rings is 2. The van der Waals surface area contributed by atoms with Gasteiger partial charge in [-0.3, -0.25) is 9.55 Å². The zero-order valence-electron chi connectivity index (χ0n) is 24.6. The van der Waals surface area contributed by atoms with E-state index in [1.165, 1.54) is 0 Å². The van der Waals surface area contributed by atoms with Gasteiger partial charge in [0.2, 0.25) is 0 Å². The van der Waals surface area contributed by atoms with Crippen molar-refractivity contribution >= 4 is 55.9 Å². The van der Waals surface area contributed by atoms with Gasteiger partial charge in [-0.2, -0.15) is 0 Å². The molecule has 5 aromatic carbocycles. The van der Waals surface area contributed by atoms with E-state index in [1.54, 1.807) is 0 Å². The molecule has 0 spiro atoms. The summed E-state index contributed by atoms with van der Waals surface area (Å²) in [5, 5.41) is 4.67. The van der Waals surface area contributed by atoms with Crippen molar-refractivity contribution < 1.29 is 4.57 Å². The molecule has 9 rings (SSSR count). The number of para-hydroxylation sites is 1. The number of aromatic nitrogens is 4. The molecule has 1 aliphatic rings. The third-order valence-corrected chi connectivity index (χ3v) is 12.2. The van der Waals surface area contributed by atoms with Crippen LogP contribution in [0, 0.1) is 0 Å². The third kappa shape index (κ3) is 3.74. The number of rotatable bonds is 4. The average Bonchev–Trinajstić information content (AvgIpc) is 3.50. The molecule has 1 aliphatic heterocycles. The van der Waals surface area contributed by atoms with Crippen LogP contribution in [0.3, 0.4) is 0 Å². The second-order valence-corrected chi connectivity index (χ2v) is 14.1. The first kappa shape index (κ1) is 26.1. The van der Waals surface area contributed by atoms with Gasteiger partial charge >= 0.3 is 0 Å². The van der Waals surface area contributed by atoms with Crippen LogP contribution >= 0.6 is 7.14 Å². The van der Waals surface area contributed by atoms with Crippen LogP contribution in [0.15, 0.2) is 134 Å². The molecular formula is C39H27N4OP. The molecule has 1 atom stereocenters. The molecule has 0 saturated heterocycles. The molecule has 0 aliphatic carbocycles. The maximum Gasteiger partial charge on any atom is 0.175 e. The van der Waals surface area contributed by atoms with Crippen LogP contribution in [0.5, 0.6) is 0 Å².